The number of rotatable bonds is 4. The van der Waals surface area contributed by atoms with Crippen molar-refractivity contribution in [2.45, 2.75) is 26.8 Å². The van der Waals surface area contributed by atoms with Crippen LogP contribution in [0.15, 0.2) is 30.6 Å². The lowest BCUT2D eigenvalue weighted by Gasteiger charge is -2.12. The number of H-pyrrole nitrogens is 1. The van der Waals surface area contributed by atoms with E-state index in [-0.39, 0.29) is 11.9 Å². The van der Waals surface area contributed by atoms with E-state index in [4.69, 9.17) is 0 Å². The molecule has 0 radical (unpaired) electrons. The van der Waals surface area contributed by atoms with Crippen molar-refractivity contribution >= 4 is 28.3 Å². The number of hydrogen-bond donors (Lipinski definition) is 2. The zero-order valence-corrected chi connectivity index (χ0v) is 15.3. The van der Waals surface area contributed by atoms with Gasteiger partial charge in [0.2, 0.25) is 0 Å². The third kappa shape index (κ3) is 2.76. The van der Waals surface area contributed by atoms with Crippen molar-refractivity contribution in [1.82, 2.24) is 35.5 Å². The number of carbonyl (C=O) groups is 1. The van der Waals surface area contributed by atoms with Crippen LogP contribution in [0.3, 0.4) is 0 Å². The molecule has 8 nitrogen and oxygen atoms in total. The molecule has 0 unspecified atom stereocenters. The number of para-hydroxylation sites is 2. The summed E-state index contributed by atoms with van der Waals surface area (Å²) in [5, 5.41) is 15.0. The molecule has 0 bridgehead atoms. The van der Waals surface area contributed by atoms with Crippen molar-refractivity contribution in [1.29, 1.82) is 0 Å². The number of tetrazole rings is 1. The fraction of sp³-hybridized carbons (Fsp3) is 0.235. The lowest BCUT2D eigenvalue weighted by atomic mass is 10.1. The monoisotopic (exact) mass is 367 g/mol. The van der Waals surface area contributed by atoms with Crippen molar-refractivity contribution < 1.29 is 4.79 Å². The molecular weight excluding hydrogens is 350 g/mol. The molecule has 0 saturated carbocycles. The van der Waals surface area contributed by atoms with Crippen molar-refractivity contribution in [2.75, 3.05) is 0 Å². The van der Waals surface area contributed by atoms with Crippen molar-refractivity contribution in [3.8, 4) is 5.00 Å². The van der Waals surface area contributed by atoms with E-state index < -0.39 is 0 Å². The van der Waals surface area contributed by atoms with Crippen molar-refractivity contribution in [3.05, 3.63) is 52.4 Å². The van der Waals surface area contributed by atoms with E-state index >= 15 is 0 Å². The van der Waals surface area contributed by atoms with Crippen LogP contribution >= 0.6 is 11.3 Å². The summed E-state index contributed by atoms with van der Waals surface area (Å²) < 4.78 is 1.52. The highest BCUT2D eigenvalue weighted by Crippen LogP contribution is 2.30. The van der Waals surface area contributed by atoms with Gasteiger partial charge in [0.05, 0.1) is 22.6 Å². The van der Waals surface area contributed by atoms with E-state index in [1.54, 1.807) is 0 Å². The number of nitrogens with one attached hydrogen (secondary N) is 2. The maximum absolute atomic E-state index is 13.0. The number of aromatic amines is 1. The first-order valence-electron chi connectivity index (χ1n) is 8.13. The third-order valence-electron chi connectivity index (χ3n) is 4.32. The first-order valence-corrected chi connectivity index (χ1v) is 8.95. The third-order valence-corrected chi connectivity index (χ3v) is 5.51. The molecule has 0 spiro atoms. The Morgan fingerprint density at radius 1 is 1.31 bits per heavy atom. The summed E-state index contributed by atoms with van der Waals surface area (Å²) in [7, 11) is 0. The minimum absolute atomic E-state index is 0.176. The van der Waals surface area contributed by atoms with Crippen LogP contribution in [0.2, 0.25) is 0 Å². The quantitative estimate of drug-likeness (QED) is 0.577. The molecule has 0 aliphatic rings. The fourth-order valence-corrected chi connectivity index (χ4v) is 3.88. The normalized spacial score (nSPS) is 12.4. The van der Waals surface area contributed by atoms with E-state index in [0.717, 1.165) is 21.5 Å². The molecule has 26 heavy (non-hydrogen) atoms. The van der Waals surface area contributed by atoms with Gasteiger partial charge < -0.3 is 10.3 Å². The number of aromatic nitrogens is 6. The van der Waals surface area contributed by atoms with Gasteiger partial charge in [0.1, 0.15) is 17.2 Å². The molecule has 0 aliphatic heterocycles. The van der Waals surface area contributed by atoms with E-state index in [1.807, 2.05) is 45.0 Å². The molecule has 4 aromatic rings. The number of benzene rings is 1. The molecule has 0 aliphatic carbocycles. The average Bonchev–Trinajstić information content (AvgIpc) is 3.34. The summed E-state index contributed by atoms with van der Waals surface area (Å²) in [6, 6.07) is 7.51. The minimum atomic E-state index is -0.267. The lowest BCUT2D eigenvalue weighted by Crippen LogP contribution is -2.28. The second kappa shape index (κ2) is 6.34. The molecule has 9 heteroatoms. The van der Waals surface area contributed by atoms with Crippen LogP contribution < -0.4 is 5.32 Å². The Kier molecular flexibility index (Phi) is 4.00. The summed E-state index contributed by atoms with van der Waals surface area (Å²) >= 11 is 1.49. The maximum atomic E-state index is 13.0. The molecule has 1 atom stereocenters. The smallest absolute Gasteiger partial charge is 0.255 e. The van der Waals surface area contributed by atoms with Gasteiger partial charge in [-0.25, -0.2) is 4.98 Å². The standard InChI is InChI=1S/C17H17N7OS/c1-9-11(3)26-17(24-8-18-22-23-24)14(9)16(25)19-10(2)15-20-12-6-4-5-7-13(12)21-15/h4-8,10H,1-3H3,(H,19,25)(H,20,21)/t10-/m1/s1. The summed E-state index contributed by atoms with van der Waals surface area (Å²) in [5.41, 5.74) is 3.33. The van der Waals surface area contributed by atoms with Gasteiger partial charge in [0.25, 0.3) is 5.91 Å². The Morgan fingerprint density at radius 3 is 2.85 bits per heavy atom. The maximum Gasteiger partial charge on any atom is 0.255 e. The van der Waals surface area contributed by atoms with Gasteiger partial charge in [0.15, 0.2) is 0 Å². The predicted octanol–water partition coefficient (Wildman–Crippen LogP) is 2.71. The molecule has 4 rings (SSSR count). The van der Waals surface area contributed by atoms with Gasteiger partial charge in [-0.1, -0.05) is 12.1 Å². The zero-order chi connectivity index (χ0) is 18.3. The fourth-order valence-electron chi connectivity index (χ4n) is 2.81. The van der Waals surface area contributed by atoms with E-state index in [0.29, 0.717) is 16.4 Å². The van der Waals surface area contributed by atoms with Gasteiger partial charge in [-0.3, -0.25) is 4.79 Å². The van der Waals surface area contributed by atoms with Crippen molar-refractivity contribution in [2.24, 2.45) is 0 Å². The highest BCUT2D eigenvalue weighted by atomic mass is 32.1. The Labute approximate surface area is 153 Å². The molecule has 0 fully saturated rings. The Balaban J connectivity index is 1.64. The van der Waals surface area contributed by atoms with E-state index in [9.17, 15) is 4.79 Å². The zero-order valence-electron chi connectivity index (χ0n) is 14.5. The number of amides is 1. The summed E-state index contributed by atoms with van der Waals surface area (Å²) in [4.78, 5) is 21.8. The molecule has 1 aromatic carbocycles. The molecule has 3 heterocycles. The van der Waals surface area contributed by atoms with Crippen LogP contribution in [0, 0.1) is 13.8 Å². The largest absolute Gasteiger partial charge is 0.342 e. The first kappa shape index (κ1) is 16.4. The van der Waals surface area contributed by atoms with Gasteiger partial charge >= 0.3 is 0 Å². The van der Waals surface area contributed by atoms with Gasteiger partial charge in [-0.2, -0.15) is 4.68 Å². The predicted molar refractivity (Wildman–Crippen MR) is 98.5 cm³/mol. The number of carbonyl (C=O) groups excluding carboxylic acids is 1. The second-order valence-corrected chi connectivity index (χ2v) is 7.26. The first-order chi connectivity index (χ1) is 12.5. The number of hydrogen-bond acceptors (Lipinski definition) is 6. The van der Waals surface area contributed by atoms with Crippen molar-refractivity contribution in [3.63, 3.8) is 0 Å². The van der Waals surface area contributed by atoms with Crippen LogP contribution in [0.1, 0.15) is 39.6 Å². The minimum Gasteiger partial charge on any atom is -0.342 e. The number of imidazole rings is 1. The molecule has 2 N–H and O–H groups in total. The molecule has 3 aromatic heterocycles. The molecular formula is C17H17N7OS. The second-order valence-electron chi connectivity index (χ2n) is 6.05. The van der Waals surface area contributed by atoms with E-state index in [2.05, 4.69) is 30.8 Å². The van der Waals surface area contributed by atoms with Gasteiger partial charge in [-0.05, 0) is 48.9 Å². The molecule has 132 valence electrons. The summed E-state index contributed by atoms with van der Waals surface area (Å²) in [6.07, 6.45) is 1.49. The van der Waals surface area contributed by atoms with Crippen LogP contribution in [0.25, 0.3) is 16.0 Å². The number of thiophene rings is 1. The Morgan fingerprint density at radius 2 is 2.12 bits per heavy atom. The highest BCUT2D eigenvalue weighted by molar-refractivity contribution is 7.15. The average molecular weight is 367 g/mol. The number of nitrogens with zero attached hydrogens (tertiary/aromatic N) is 5. The van der Waals surface area contributed by atoms with Crippen LogP contribution in [0.5, 0.6) is 0 Å². The Bertz CT molecular complexity index is 1050. The van der Waals surface area contributed by atoms with Crippen LogP contribution in [0.4, 0.5) is 0 Å². The SMILES string of the molecule is Cc1sc(-n2cnnn2)c(C(=O)N[C@H](C)c2nc3ccccc3[nH]2)c1C. The molecule has 0 saturated heterocycles. The van der Waals surface area contributed by atoms with E-state index in [1.165, 1.54) is 22.3 Å². The van der Waals surface area contributed by atoms with Crippen LogP contribution in [-0.2, 0) is 0 Å². The van der Waals surface area contributed by atoms with Gasteiger partial charge in [-0.15, -0.1) is 16.4 Å². The highest BCUT2D eigenvalue weighted by Gasteiger charge is 2.23. The summed E-state index contributed by atoms with van der Waals surface area (Å²) in [5.74, 6) is 0.540. The van der Waals surface area contributed by atoms with Crippen LogP contribution in [-0.4, -0.2) is 36.1 Å². The lowest BCUT2D eigenvalue weighted by molar-refractivity contribution is 0.0938. The molecule has 1 amide bonds. The Hall–Kier alpha value is -3.07. The summed E-state index contributed by atoms with van der Waals surface area (Å²) in [6.45, 7) is 5.81. The topological polar surface area (TPSA) is 101 Å². The van der Waals surface area contributed by atoms with Gasteiger partial charge in [0, 0.05) is 4.88 Å². The number of aryl methyl sites for hydroxylation is 1. The number of fused-ring (bicyclic) bond motifs is 1.